The minimum Gasteiger partial charge on any atom is -0.378 e. The van der Waals surface area contributed by atoms with Gasteiger partial charge in [0.25, 0.3) is 0 Å². The lowest BCUT2D eigenvalue weighted by Gasteiger charge is -2.27. The highest BCUT2D eigenvalue weighted by Gasteiger charge is 2.15. The third kappa shape index (κ3) is 3.68. The molecule has 0 amide bonds. The first kappa shape index (κ1) is 14.2. The SMILES string of the molecule is Fc1cccc(Cc2cc(Cl)nc(N3CCOCC3)n2)c1. The van der Waals surface area contributed by atoms with Gasteiger partial charge in [-0.15, -0.1) is 0 Å². The predicted molar refractivity (Wildman–Crippen MR) is 79.3 cm³/mol. The molecule has 110 valence electrons. The topological polar surface area (TPSA) is 38.2 Å². The fourth-order valence-corrected chi connectivity index (χ4v) is 2.50. The molecule has 1 aliphatic heterocycles. The van der Waals surface area contributed by atoms with Crippen LogP contribution in [0.4, 0.5) is 10.3 Å². The molecule has 4 nitrogen and oxygen atoms in total. The Morgan fingerprint density at radius 2 is 2.00 bits per heavy atom. The van der Waals surface area contributed by atoms with Crippen molar-refractivity contribution in [1.82, 2.24) is 9.97 Å². The third-order valence-corrected chi connectivity index (χ3v) is 3.50. The quantitative estimate of drug-likeness (QED) is 0.817. The average molecular weight is 308 g/mol. The fourth-order valence-electron chi connectivity index (χ4n) is 2.30. The highest BCUT2D eigenvalue weighted by molar-refractivity contribution is 6.29. The van der Waals surface area contributed by atoms with Crippen LogP contribution in [0.5, 0.6) is 0 Å². The molecule has 0 N–H and O–H groups in total. The Morgan fingerprint density at radius 3 is 2.76 bits per heavy atom. The van der Waals surface area contributed by atoms with E-state index in [1.54, 1.807) is 12.1 Å². The molecule has 21 heavy (non-hydrogen) atoms. The molecule has 0 saturated carbocycles. The fraction of sp³-hybridized carbons (Fsp3) is 0.333. The van der Waals surface area contributed by atoms with Crippen LogP contribution in [-0.2, 0) is 11.2 Å². The van der Waals surface area contributed by atoms with E-state index in [1.807, 2.05) is 11.0 Å². The Hall–Kier alpha value is -1.72. The van der Waals surface area contributed by atoms with E-state index in [0.29, 0.717) is 30.7 Å². The molecule has 1 fully saturated rings. The van der Waals surface area contributed by atoms with Crippen molar-refractivity contribution in [2.75, 3.05) is 31.2 Å². The maximum Gasteiger partial charge on any atom is 0.227 e. The number of ether oxygens (including phenoxy) is 1. The highest BCUT2D eigenvalue weighted by atomic mass is 35.5. The van der Waals surface area contributed by atoms with Gasteiger partial charge in [-0.2, -0.15) is 0 Å². The Morgan fingerprint density at radius 1 is 1.19 bits per heavy atom. The summed E-state index contributed by atoms with van der Waals surface area (Å²) in [6.07, 6.45) is 0.525. The molecule has 1 aromatic heterocycles. The number of aromatic nitrogens is 2. The maximum atomic E-state index is 13.2. The van der Waals surface area contributed by atoms with Gasteiger partial charge in [0.2, 0.25) is 5.95 Å². The summed E-state index contributed by atoms with van der Waals surface area (Å²) in [6.45, 7) is 2.82. The van der Waals surface area contributed by atoms with Crippen LogP contribution in [0, 0.1) is 5.82 Å². The summed E-state index contributed by atoms with van der Waals surface area (Å²) in [6, 6.07) is 8.21. The van der Waals surface area contributed by atoms with E-state index in [0.717, 1.165) is 24.3 Å². The lowest BCUT2D eigenvalue weighted by atomic mass is 10.1. The number of morpholine rings is 1. The van der Waals surface area contributed by atoms with Crippen molar-refractivity contribution in [1.29, 1.82) is 0 Å². The first-order chi connectivity index (χ1) is 10.2. The van der Waals surface area contributed by atoms with Gasteiger partial charge in [0.15, 0.2) is 0 Å². The molecule has 0 atom stereocenters. The van der Waals surface area contributed by atoms with E-state index in [2.05, 4.69) is 9.97 Å². The van der Waals surface area contributed by atoms with Gasteiger partial charge >= 0.3 is 0 Å². The summed E-state index contributed by atoms with van der Waals surface area (Å²) in [5, 5.41) is 0.401. The van der Waals surface area contributed by atoms with Gasteiger partial charge in [0.05, 0.1) is 18.9 Å². The van der Waals surface area contributed by atoms with E-state index in [9.17, 15) is 4.39 Å². The van der Waals surface area contributed by atoms with Crippen molar-refractivity contribution in [2.45, 2.75) is 6.42 Å². The molecule has 3 rings (SSSR count). The largest absolute Gasteiger partial charge is 0.378 e. The van der Waals surface area contributed by atoms with Crippen molar-refractivity contribution >= 4 is 17.5 Å². The van der Waals surface area contributed by atoms with Crippen molar-refractivity contribution in [2.24, 2.45) is 0 Å². The van der Waals surface area contributed by atoms with E-state index in [4.69, 9.17) is 16.3 Å². The lowest BCUT2D eigenvalue weighted by Crippen LogP contribution is -2.37. The molecule has 0 unspecified atom stereocenters. The van der Waals surface area contributed by atoms with Gasteiger partial charge in [-0.05, 0) is 23.8 Å². The second-order valence-electron chi connectivity index (χ2n) is 4.89. The van der Waals surface area contributed by atoms with Gasteiger partial charge < -0.3 is 9.64 Å². The molecular formula is C15H15ClFN3O. The van der Waals surface area contributed by atoms with Crippen LogP contribution in [0.15, 0.2) is 30.3 Å². The molecule has 6 heteroatoms. The van der Waals surface area contributed by atoms with Crippen molar-refractivity contribution in [3.05, 3.63) is 52.6 Å². The Labute approximate surface area is 127 Å². The molecule has 0 spiro atoms. The molecule has 0 aliphatic carbocycles. The third-order valence-electron chi connectivity index (χ3n) is 3.30. The number of nitrogens with zero attached hydrogens (tertiary/aromatic N) is 3. The summed E-state index contributed by atoms with van der Waals surface area (Å²) >= 11 is 6.08. The zero-order chi connectivity index (χ0) is 14.7. The summed E-state index contributed by atoms with van der Waals surface area (Å²) in [5.41, 5.74) is 1.64. The summed E-state index contributed by atoms with van der Waals surface area (Å²) in [5.74, 6) is 0.359. The van der Waals surface area contributed by atoms with Crippen molar-refractivity contribution in [3.8, 4) is 0 Å². The van der Waals surface area contributed by atoms with E-state index in [-0.39, 0.29) is 5.82 Å². The minimum absolute atomic E-state index is 0.249. The summed E-state index contributed by atoms with van der Waals surface area (Å²) in [4.78, 5) is 10.8. The van der Waals surface area contributed by atoms with Crippen LogP contribution >= 0.6 is 11.6 Å². The first-order valence-electron chi connectivity index (χ1n) is 6.81. The van der Waals surface area contributed by atoms with E-state index < -0.39 is 0 Å². The molecule has 1 aliphatic rings. The first-order valence-corrected chi connectivity index (χ1v) is 7.19. The van der Waals surface area contributed by atoms with Gasteiger partial charge in [-0.1, -0.05) is 23.7 Å². The van der Waals surface area contributed by atoms with E-state index in [1.165, 1.54) is 12.1 Å². The average Bonchev–Trinajstić information content (AvgIpc) is 2.47. The number of benzene rings is 1. The number of rotatable bonds is 3. The van der Waals surface area contributed by atoms with Crippen molar-refractivity contribution < 1.29 is 9.13 Å². The van der Waals surface area contributed by atoms with Crippen LogP contribution in [0.25, 0.3) is 0 Å². The summed E-state index contributed by atoms with van der Waals surface area (Å²) < 4.78 is 18.6. The van der Waals surface area contributed by atoms with Crippen molar-refractivity contribution in [3.63, 3.8) is 0 Å². The normalized spacial score (nSPS) is 15.2. The van der Waals surface area contributed by atoms with E-state index >= 15 is 0 Å². The Bertz CT molecular complexity index is 632. The molecule has 0 radical (unpaired) electrons. The number of hydrogen-bond acceptors (Lipinski definition) is 4. The number of halogens is 2. The molecular weight excluding hydrogens is 293 g/mol. The van der Waals surface area contributed by atoms with Crippen LogP contribution in [0.3, 0.4) is 0 Å². The number of hydrogen-bond donors (Lipinski definition) is 0. The zero-order valence-corrected chi connectivity index (χ0v) is 12.2. The Balaban J connectivity index is 1.83. The second kappa shape index (κ2) is 6.37. The van der Waals surface area contributed by atoms with Gasteiger partial charge in [-0.3, -0.25) is 0 Å². The van der Waals surface area contributed by atoms with Crippen LogP contribution in [0.2, 0.25) is 5.15 Å². The smallest absolute Gasteiger partial charge is 0.227 e. The molecule has 1 saturated heterocycles. The van der Waals surface area contributed by atoms with Gasteiger partial charge in [0.1, 0.15) is 11.0 Å². The predicted octanol–water partition coefficient (Wildman–Crippen LogP) is 2.70. The monoisotopic (exact) mass is 307 g/mol. The van der Waals surface area contributed by atoms with Gasteiger partial charge in [0, 0.05) is 19.5 Å². The Kier molecular flexibility index (Phi) is 4.31. The maximum absolute atomic E-state index is 13.2. The van der Waals surface area contributed by atoms with Crippen LogP contribution in [-0.4, -0.2) is 36.3 Å². The summed E-state index contributed by atoms with van der Waals surface area (Å²) in [7, 11) is 0. The minimum atomic E-state index is -0.249. The number of anilines is 1. The second-order valence-corrected chi connectivity index (χ2v) is 5.28. The van der Waals surface area contributed by atoms with Gasteiger partial charge in [-0.25, -0.2) is 14.4 Å². The molecule has 2 aromatic rings. The van der Waals surface area contributed by atoms with Crippen LogP contribution < -0.4 is 4.90 Å². The molecule has 0 bridgehead atoms. The lowest BCUT2D eigenvalue weighted by molar-refractivity contribution is 0.122. The van der Waals surface area contributed by atoms with Crippen LogP contribution in [0.1, 0.15) is 11.3 Å². The zero-order valence-electron chi connectivity index (χ0n) is 11.4. The molecule has 1 aromatic carbocycles. The highest BCUT2D eigenvalue weighted by Crippen LogP contribution is 2.18. The standard InChI is InChI=1S/C15H15ClFN3O/c16-14-10-13(9-11-2-1-3-12(17)8-11)18-15(19-14)20-4-6-21-7-5-20/h1-3,8,10H,4-7,9H2. The molecule has 2 heterocycles.